The normalized spacial score (nSPS) is 14.9. The minimum Gasteiger partial charge on any atom is -0.399 e. The molecule has 0 aliphatic carbocycles. The number of thioether (sulfide) groups is 1. The molecule has 3 nitrogen and oxygen atoms in total. The lowest BCUT2D eigenvalue weighted by atomic mass is 10.1. The van der Waals surface area contributed by atoms with Gasteiger partial charge in [0.05, 0.1) is 12.7 Å². The van der Waals surface area contributed by atoms with E-state index in [9.17, 15) is 5.11 Å². The van der Waals surface area contributed by atoms with Crippen molar-refractivity contribution in [1.82, 2.24) is 0 Å². The molecule has 0 aliphatic heterocycles. The molecule has 4 heteroatoms. The summed E-state index contributed by atoms with van der Waals surface area (Å²) < 4.78 is 0. The molecule has 2 unspecified atom stereocenters. The van der Waals surface area contributed by atoms with E-state index < -0.39 is 6.10 Å². The summed E-state index contributed by atoms with van der Waals surface area (Å²) in [5.74, 6) is 0.589. The van der Waals surface area contributed by atoms with Crippen molar-refractivity contribution >= 4 is 17.4 Å². The van der Waals surface area contributed by atoms with Gasteiger partial charge in [0.1, 0.15) is 0 Å². The Morgan fingerprint density at radius 2 is 1.93 bits per heavy atom. The Morgan fingerprint density at radius 3 is 2.47 bits per heavy atom. The number of hydrogen-bond acceptors (Lipinski definition) is 4. The number of anilines is 1. The topological polar surface area (TPSA) is 66.5 Å². The van der Waals surface area contributed by atoms with Crippen LogP contribution in [0.15, 0.2) is 24.3 Å². The van der Waals surface area contributed by atoms with Gasteiger partial charge in [0.15, 0.2) is 0 Å². The quantitative estimate of drug-likeness (QED) is 0.665. The predicted molar refractivity (Wildman–Crippen MR) is 64.8 cm³/mol. The standard InChI is InChI=1S/C11H17NO2S/c1-8(6-13)15-7-11(14)9-2-4-10(12)5-3-9/h2-5,8,11,13-14H,6-7,12H2,1H3. The second-order valence-electron chi connectivity index (χ2n) is 3.51. The summed E-state index contributed by atoms with van der Waals surface area (Å²) in [4.78, 5) is 0. The molecule has 4 N–H and O–H groups in total. The van der Waals surface area contributed by atoms with Crippen LogP contribution >= 0.6 is 11.8 Å². The monoisotopic (exact) mass is 227 g/mol. The maximum Gasteiger partial charge on any atom is 0.0880 e. The van der Waals surface area contributed by atoms with Crippen LogP contribution in [0.3, 0.4) is 0 Å². The summed E-state index contributed by atoms with van der Waals surface area (Å²) in [6.07, 6.45) is -0.496. The Hall–Kier alpha value is -0.710. The van der Waals surface area contributed by atoms with Crippen LogP contribution < -0.4 is 5.73 Å². The molecule has 0 amide bonds. The number of nitrogen functional groups attached to an aromatic ring is 1. The van der Waals surface area contributed by atoms with Crippen LogP contribution in [-0.4, -0.2) is 27.8 Å². The van der Waals surface area contributed by atoms with Gasteiger partial charge in [-0.05, 0) is 17.7 Å². The molecule has 0 aliphatic rings. The van der Waals surface area contributed by atoms with Gasteiger partial charge in [-0.1, -0.05) is 19.1 Å². The summed E-state index contributed by atoms with van der Waals surface area (Å²) in [5, 5.41) is 18.8. The Balaban J connectivity index is 2.46. The van der Waals surface area contributed by atoms with Crippen molar-refractivity contribution in [3.63, 3.8) is 0 Å². The van der Waals surface area contributed by atoms with Crippen molar-refractivity contribution in [2.24, 2.45) is 0 Å². The maximum atomic E-state index is 9.81. The van der Waals surface area contributed by atoms with Crippen LogP contribution in [-0.2, 0) is 0 Å². The molecule has 2 atom stereocenters. The Morgan fingerprint density at radius 1 is 1.33 bits per heavy atom. The highest BCUT2D eigenvalue weighted by Crippen LogP contribution is 2.21. The van der Waals surface area contributed by atoms with E-state index in [2.05, 4.69) is 0 Å². The second-order valence-corrected chi connectivity index (χ2v) is 4.98. The van der Waals surface area contributed by atoms with Crippen molar-refractivity contribution in [1.29, 1.82) is 0 Å². The summed E-state index contributed by atoms with van der Waals surface area (Å²) in [5.41, 5.74) is 7.11. The predicted octanol–water partition coefficient (Wildman–Crippen LogP) is 1.42. The average molecular weight is 227 g/mol. The summed E-state index contributed by atoms with van der Waals surface area (Å²) in [6, 6.07) is 7.20. The van der Waals surface area contributed by atoms with Gasteiger partial charge in [-0.25, -0.2) is 0 Å². The lowest BCUT2D eigenvalue weighted by Gasteiger charge is -2.13. The minimum atomic E-state index is -0.496. The fourth-order valence-electron chi connectivity index (χ4n) is 1.12. The number of benzene rings is 1. The van der Waals surface area contributed by atoms with E-state index in [0.29, 0.717) is 11.4 Å². The van der Waals surface area contributed by atoms with Crippen LogP contribution in [0.2, 0.25) is 0 Å². The lowest BCUT2D eigenvalue weighted by molar-refractivity contribution is 0.203. The van der Waals surface area contributed by atoms with E-state index in [0.717, 1.165) is 5.56 Å². The third-order valence-corrected chi connectivity index (χ3v) is 3.34. The molecule has 0 spiro atoms. The van der Waals surface area contributed by atoms with Crippen LogP contribution in [0.1, 0.15) is 18.6 Å². The molecular formula is C11H17NO2S. The molecule has 84 valence electrons. The highest BCUT2D eigenvalue weighted by Gasteiger charge is 2.09. The van der Waals surface area contributed by atoms with Gasteiger partial charge in [-0.15, -0.1) is 0 Å². The number of aliphatic hydroxyl groups is 2. The fourth-order valence-corrected chi connectivity index (χ4v) is 1.93. The zero-order valence-electron chi connectivity index (χ0n) is 8.76. The molecule has 0 saturated heterocycles. The molecule has 0 saturated carbocycles. The molecule has 1 aromatic carbocycles. The molecule has 0 bridgehead atoms. The lowest BCUT2D eigenvalue weighted by Crippen LogP contribution is -2.08. The van der Waals surface area contributed by atoms with Gasteiger partial charge in [0, 0.05) is 16.7 Å². The third kappa shape index (κ3) is 4.11. The zero-order valence-corrected chi connectivity index (χ0v) is 9.57. The zero-order chi connectivity index (χ0) is 11.3. The summed E-state index contributed by atoms with van der Waals surface area (Å²) in [6.45, 7) is 2.07. The van der Waals surface area contributed by atoms with E-state index in [1.54, 1.807) is 23.9 Å². The van der Waals surface area contributed by atoms with Crippen molar-refractivity contribution < 1.29 is 10.2 Å². The largest absolute Gasteiger partial charge is 0.399 e. The van der Waals surface area contributed by atoms with Crippen LogP contribution in [0, 0.1) is 0 Å². The van der Waals surface area contributed by atoms with E-state index >= 15 is 0 Å². The molecule has 0 aromatic heterocycles. The molecule has 0 radical (unpaired) electrons. The van der Waals surface area contributed by atoms with Crippen molar-refractivity contribution in [2.45, 2.75) is 18.3 Å². The highest BCUT2D eigenvalue weighted by atomic mass is 32.2. The smallest absolute Gasteiger partial charge is 0.0880 e. The van der Waals surface area contributed by atoms with Crippen molar-refractivity contribution in [3.8, 4) is 0 Å². The average Bonchev–Trinajstić information content (AvgIpc) is 2.26. The molecular weight excluding hydrogens is 210 g/mol. The Kier molecular flexibility index (Phi) is 4.94. The van der Waals surface area contributed by atoms with Gasteiger partial charge in [0.25, 0.3) is 0 Å². The molecule has 0 heterocycles. The third-order valence-electron chi connectivity index (χ3n) is 2.12. The van der Waals surface area contributed by atoms with Crippen LogP contribution in [0.25, 0.3) is 0 Å². The number of rotatable bonds is 5. The first-order valence-corrected chi connectivity index (χ1v) is 5.94. The Labute approximate surface area is 94.3 Å². The summed E-state index contributed by atoms with van der Waals surface area (Å²) >= 11 is 1.55. The molecule has 1 aromatic rings. The summed E-state index contributed by atoms with van der Waals surface area (Å²) in [7, 11) is 0. The maximum absolute atomic E-state index is 9.81. The van der Waals surface area contributed by atoms with E-state index in [1.807, 2.05) is 19.1 Å². The number of hydrogen-bond donors (Lipinski definition) is 3. The first kappa shape index (κ1) is 12.4. The van der Waals surface area contributed by atoms with Gasteiger partial charge in [-0.2, -0.15) is 11.8 Å². The van der Waals surface area contributed by atoms with Crippen molar-refractivity contribution in [3.05, 3.63) is 29.8 Å². The first-order chi connectivity index (χ1) is 7.13. The van der Waals surface area contributed by atoms with Crippen LogP contribution in [0.4, 0.5) is 5.69 Å². The van der Waals surface area contributed by atoms with E-state index in [-0.39, 0.29) is 11.9 Å². The van der Waals surface area contributed by atoms with Crippen molar-refractivity contribution in [2.75, 3.05) is 18.1 Å². The van der Waals surface area contributed by atoms with Gasteiger partial charge < -0.3 is 15.9 Å². The van der Waals surface area contributed by atoms with Gasteiger partial charge in [0.2, 0.25) is 0 Å². The molecule has 15 heavy (non-hydrogen) atoms. The fraction of sp³-hybridized carbons (Fsp3) is 0.455. The van der Waals surface area contributed by atoms with Gasteiger partial charge in [-0.3, -0.25) is 0 Å². The molecule has 0 fully saturated rings. The number of aliphatic hydroxyl groups excluding tert-OH is 2. The molecule has 1 rings (SSSR count). The highest BCUT2D eigenvalue weighted by molar-refractivity contribution is 7.99. The van der Waals surface area contributed by atoms with E-state index in [4.69, 9.17) is 10.8 Å². The SMILES string of the molecule is CC(CO)SCC(O)c1ccc(N)cc1. The van der Waals surface area contributed by atoms with Crippen LogP contribution in [0.5, 0.6) is 0 Å². The van der Waals surface area contributed by atoms with Gasteiger partial charge >= 0.3 is 0 Å². The number of nitrogens with two attached hydrogens (primary N) is 1. The Bertz CT molecular complexity index is 289. The first-order valence-electron chi connectivity index (χ1n) is 4.89. The minimum absolute atomic E-state index is 0.138. The van der Waals surface area contributed by atoms with E-state index in [1.165, 1.54) is 0 Å². The second kappa shape index (κ2) is 6.00.